The minimum atomic E-state index is -2.89. The summed E-state index contributed by atoms with van der Waals surface area (Å²) < 4.78 is 42.9. The lowest BCUT2D eigenvalue weighted by molar-refractivity contribution is 0.0517. The van der Waals surface area contributed by atoms with E-state index in [9.17, 15) is 18.0 Å². The Labute approximate surface area is 104 Å². The zero-order chi connectivity index (χ0) is 13.0. The van der Waals surface area contributed by atoms with Crippen LogP contribution in [0.15, 0.2) is 6.07 Å². The van der Waals surface area contributed by atoms with E-state index in [4.69, 9.17) is 0 Å². The van der Waals surface area contributed by atoms with Crippen LogP contribution in [-0.2, 0) is 10.1 Å². The van der Waals surface area contributed by atoms with Crippen molar-refractivity contribution >= 4 is 21.9 Å². The van der Waals surface area contributed by atoms with Crippen LogP contribution in [-0.4, -0.2) is 17.6 Å². The van der Waals surface area contributed by atoms with Gasteiger partial charge in [0.05, 0.1) is 6.61 Å². The van der Waals surface area contributed by atoms with Gasteiger partial charge in [0.15, 0.2) is 0 Å². The van der Waals surface area contributed by atoms with E-state index in [1.165, 1.54) is 0 Å². The Balaban J connectivity index is 3.25. The van der Waals surface area contributed by atoms with Gasteiger partial charge in [0.2, 0.25) is 5.95 Å². The molecule has 1 rings (SSSR count). The van der Waals surface area contributed by atoms with E-state index >= 15 is 0 Å². The summed E-state index contributed by atoms with van der Waals surface area (Å²) in [6, 6.07) is 0.981. The third-order valence-electron chi connectivity index (χ3n) is 1.92. The first-order chi connectivity index (χ1) is 8.01. The fourth-order valence-corrected chi connectivity index (χ4v) is 1.66. The SMILES string of the molecule is CCOC(=O)c1c(CBr)cc(C(F)F)nc1F. The number of halogens is 4. The number of hydrogen-bond donors (Lipinski definition) is 0. The van der Waals surface area contributed by atoms with E-state index in [0.29, 0.717) is 0 Å². The predicted molar refractivity (Wildman–Crippen MR) is 57.7 cm³/mol. The van der Waals surface area contributed by atoms with E-state index in [2.05, 4.69) is 25.7 Å². The fraction of sp³-hybridized carbons (Fsp3) is 0.400. The molecule has 0 saturated heterocycles. The number of carbonyl (C=O) groups is 1. The van der Waals surface area contributed by atoms with Gasteiger partial charge in [0.25, 0.3) is 6.43 Å². The minimum absolute atomic E-state index is 0.0559. The lowest BCUT2D eigenvalue weighted by Gasteiger charge is -2.09. The molecule has 0 aliphatic rings. The monoisotopic (exact) mass is 311 g/mol. The Hall–Kier alpha value is -1.11. The maximum absolute atomic E-state index is 13.5. The molecular formula is C10H9BrF3NO2. The molecule has 0 aromatic carbocycles. The standard InChI is InChI=1S/C10H9BrF3NO2/c1-2-17-10(16)7-5(4-11)3-6(8(12)13)15-9(7)14/h3,8H,2,4H2,1H3. The summed E-state index contributed by atoms with van der Waals surface area (Å²) in [6.45, 7) is 1.63. The van der Waals surface area contributed by atoms with E-state index in [1.807, 2.05) is 0 Å². The molecular weight excluding hydrogens is 303 g/mol. The number of esters is 1. The molecule has 1 aromatic heterocycles. The number of nitrogens with zero attached hydrogens (tertiary/aromatic N) is 1. The maximum Gasteiger partial charge on any atom is 0.343 e. The molecule has 3 nitrogen and oxygen atoms in total. The number of alkyl halides is 3. The van der Waals surface area contributed by atoms with Crippen LogP contribution in [0.3, 0.4) is 0 Å². The zero-order valence-electron chi connectivity index (χ0n) is 8.84. The van der Waals surface area contributed by atoms with Gasteiger partial charge < -0.3 is 4.74 Å². The van der Waals surface area contributed by atoms with Crippen molar-refractivity contribution in [1.29, 1.82) is 0 Å². The van der Waals surface area contributed by atoms with Crippen molar-refractivity contribution in [2.24, 2.45) is 0 Å². The average molecular weight is 312 g/mol. The third kappa shape index (κ3) is 3.18. The fourth-order valence-electron chi connectivity index (χ4n) is 1.22. The van der Waals surface area contributed by atoms with E-state index in [0.717, 1.165) is 6.07 Å². The molecule has 7 heteroatoms. The topological polar surface area (TPSA) is 39.2 Å². The highest BCUT2D eigenvalue weighted by Crippen LogP contribution is 2.23. The highest BCUT2D eigenvalue weighted by Gasteiger charge is 2.22. The van der Waals surface area contributed by atoms with Crippen molar-refractivity contribution < 1.29 is 22.7 Å². The molecule has 1 aromatic rings. The molecule has 0 bridgehead atoms. The third-order valence-corrected chi connectivity index (χ3v) is 2.53. The quantitative estimate of drug-likeness (QED) is 0.487. The van der Waals surface area contributed by atoms with Gasteiger partial charge in [-0.3, -0.25) is 0 Å². The van der Waals surface area contributed by atoms with Crippen LogP contribution in [0.25, 0.3) is 0 Å². The smallest absolute Gasteiger partial charge is 0.343 e. The van der Waals surface area contributed by atoms with E-state index in [1.54, 1.807) is 6.92 Å². The van der Waals surface area contributed by atoms with Crippen LogP contribution in [0.4, 0.5) is 13.2 Å². The van der Waals surface area contributed by atoms with Gasteiger partial charge in [-0.2, -0.15) is 4.39 Å². The molecule has 0 aliphatic carbocycles. The molecule has 0 fully saturated rings. The van der Waals surface area contributed by atoms with Gasteiger partial charge >= 0.3 is 5.97 Å². The normalized spacial score (nSPS) is 10.7. The highest BCUT2D eigenvalue weighted by molar-refractivity contribution is 9.08. The highest BCUT2D eigenvalue weighted by atomic mass is 79.9. The van der Waals surface area contributed by atoms with Crippen LogP contribution in [0.5, 0.6) is 0 Å². The molecule has 94 valence electrons. The number of hydrogen-bond acceptors (Lipinski definition) is 3. The van der Waals surface area contributed by atoms with Crippen molar-refractivity contribution in [3.8, 4) is 0 Å². The number of pyridine rings is 1. The van der Waals surface area contributed by atoms with Gasteiger partial charge in [-0.05, 0) is 18.6 Å². The summed E-state index contributed by atoms with van der Waals surface area (Å²) in [5.74, 6) is -2.15. The van der Waals surface area contributed by atoms with Crippen molar-refractivity contribution in [2.45, 2.75) is 18.7 Å². The largest absolute Gasteiger partial charge is 0.462 e. The summed E-state index contributed by atoms with van der Waals surface area (Å²) in [5, 5.41) is 0.0559. The summed E-state index contributed by atoms with van der Waals surface area (Å²) in [5.41, 5.74) is -1.02. The summed E-state index contributed by atoms with van der Waals surface area (Å²) in [6.07, 6.45) is -2.89. The molecule has 0 aliphatic heterocycles. The predicted octanol–water partition coefficient (Wildman–Crippen LogP) is 3.23. The Bertz CT molecular complexity index is 426. The van der Waals surface area contributed by atoms with E-state index < -0.39 is 29.6 Å². The first kappa shape index (κ1) is 14.0. The van der Waals surface area contributed by atoms with Crippen molar-refractivity contribution in [1.82, 2.24) is 4.98 Å². The summed E-state index contributed by atoms with van der Waals surface area (Å²) in [4.78, 5) is 14.5. The second kappa shape index (κ2) is 6.00. The van der Waals surface area contributed by atoms with Gasteiger partial charge in [-0.1, -0.05) is 15.9 Å². The van der Waals surface area contributed by atoms with Gasteiger partial charge in [0.1, 0.15) is 11.3 Å². The first-order valence-corrected chi connectivity index (χ1v) is 5.83. The molecule has 1 heterocycles. The average Bonchev–Trinajstić information content (AvgIpc) is 2.27. The van der Waals surface area contributed by atoms with Crippen LogP contribution < -0.4 is 0 Å². The number of carbonyl (C=O) groups excluding carboxylic acids is 1. The zero-order valence-corrected chi connectivity index (χ0v) is 10.4. The number of rotatable bonds is 4. The Morgan fingerprint density at radius 2 is 2.24 bits per heavy atom. The number of aromatic nitrogens is 1. The van der Waals surface area contributed by atoms with Gasteiger partial charge in [-0.15, -0.1) is 0 Å². The van der Waals surface area contributed by atoms with Crippen molar-refractivity contribution in [3.63, 3.8) is 0 Å². The van der Waals surface area contributed by atoms with Crippen LogP contribution in [0.1, 0.15) is 35.0 Å². The Kier molecular flexibility index (Phi) is 4.92. The first-order valence-electron chi connectivity index (χ1n) is 4.71. The molecule has 0 N–H and O–H groups in total. The van der Waals surface area contributed by atoms with E-state index in [-0.39, 0.29) is 17.5 Å². The summed E-state index contributed by atoms with van der Waals surface area (Å²) in [7, 11) is 0. The molecule has 0 saturated carbocycles. The second-order valence-electron chi connectivity index (χ2n) is 3.03. The molecule has 0 unspecified atom stereocenters. The maximum atomic E-state index is 13.5. The molecule has 0 spiro atoms. The number of ether oxygens (including phenoxy) is 1. The van der Waals surface area contributed by atoms with Gasteiger partial charge in [-0.25, -0.2) is 18.6 Å². The van der Waals surface area contributed by atoms with Crippen molar-refractivity contribution in [2.75, 3.05) is 6.61 Å². The summed E-state index contributed by atoms with van der Waals surface area (Å²) >= 11 is 3.00. The van der Waals surface area contributed by atoms with Gasteiger partial charge in [0, 0.05) is 5.33 Å². The second-order valence-corrected chi connectivity index (χ2v) is 3.59. The van der Waals surface area contributed by atoms with Crippen LogP contribution in [0, 0.1) is 5.95 Å². The van der Waals surface area contributed by atoms with Crippen molar-refractivity contribution in [3.05, 3.63) is 28.8 Å². The Morgan fingerprint density at radius 3 is 2.71 bits per heavy atom. The lowest BCUT2D eigenvalue weighted by atomic mass is 10.1. The molecule has 0 amide bonds. The molecule has 17 heavy (non-hydrogen) atoms. The Morgan fingerprint density at radius 1 is 1.59 bits per heavy atom. The van der Waals surface area contributed by atoms with Crippen LogP contribution in [0.2, 0.25) is 0 Å². The minimum Gasteiger partial charge on any atom is -0.462 e. The van der Waals surface area contributed by atoms with Crippen LogP contribution >= 0.6 is 15.9 Å². The molecule has 0 atom stereocenters. The lowest BCUT2D eigenvalue weighted by Crippen LogP contribution is -2.13. The molecule has 0 radical (unpaired) electrons.